The Bertz CT molecular complexity index is 689. The molecule has 1 amide bonds. The summed E-state index contributed by atoms with van der Waals surface area (Å²) < 4.78 is 0. The zero-order valence-corrected chi connectivity index (χ0v) is 14.9. The van der Waals surface area contributed by atoms with Crippen molar-refractivity contribution in [3.63, 3.8) is 0 Å². The van der Waals surface area contributed by atoms with Gasteiger partial charge < -0.3 is 9.80 Å². The number of rotatable bonds is 5. The van der Waals surface area contributed by atoms with Gasteiger partial charge in [0.1, 0.15) is 0 Å². The molecule has 132 valence electrons. The Hall–Kier alpha value is -2.50. The van der Waals surface area contributed by atoms with Crippen LogP contribution < -0.4 is 4.90 Å². The normalized spacial score (nSPS) is 17.4. The monoisotopic (exact) mass is 339 g/mol. The quantitative estimate of drug-likeness (QED) is 0.837. The van der Waals surface area contributed by atoms with Crippen LogP contribution in [0.4, 0.5) is 5.82 Å². The van der Waals surface area contributed by atoms with Gasteiger partial charge in [0.15, 0.2) is 11.5 Å². The fourth-order valence-electron chi connectivity index (χ4n) is 3.14. The predicted octanol–water partition coefficient (Wildman–Crippen LogP) is 2.42. The highest BCUT2D eigenvalue weighted by Crippen LogP contribution is 2.17. The molecule has 0 saturated carbocycles. The molecule has 2 aromatic heterocycles. The second-order valence-electron chi connectivity index (χ2n) is 6.80. The molecular weight excluding hydrogens is 314 g/mol. The lowest BCUT2D eigenvalue weighted by Gasteiger charge is -2.30. The van der Waals surface area contributed by atoms with Gasteiger partial charge in [-0.15, -0.1) is 10.2 Å². The highest BCUT2D eigenvalue weighted by atomic mass is 16.2. The van der Waals surface area contributed by atoms with Crippen molar-refractivity contribution < 1.29 is 4.79 Å². The van der Waals surface area contributed by atoms with Crippen LogP contribution in [0.25, 0.3) is 0 Å². The van der Waals surface area contributed by atoms with E-state index in [1.165, 1.54) is 12.0 Å². The van der Waals surface area contributed by atoms with Crippen LogP contribution in [0.5, 0.6) is 0 Å². The third-order valence-corrected chi connectivity index (χ3v) is 4.69. The zero-order valence-electron chi connectivity index (χ0n) is 14.9. The number of pyridine rings is 1. The van der Waals surface area contributed by atoms with E-state index in [2.05, 4.69) is 22.1 Å². The average molecular weight is 339 g/mol. The van der Waals surface area contributed by atoms with E-state index in [0.29, 0.717) is 11.6 Å². The van der Waals surface area contributed by atoms with Crippen LogP contribution in [-0.4, -0.2) is 52.7 Å². The minimum Gasteiger partial charge on any atom is -0.358 e. The Kier molecular flexibility index (Phi) is 5.58. The van der Waals surface area contributed by atoms with Crippen molar-refractivity contribution in [1.29, 1.82) is 0 Å². The maximum Gasteiger partial charge on any atom is 0.274 e. The number of hydrogen-bond acceptors (Lipinski definition) is 5. The summed E-state index contributed by atoms with van der Waals surface area (Å²) in [7, 11) is 1.99. The summed E-state index contributed by atoms with van der Waals surface area (Å²) in [5.74, 6) is 1.33. The standard InChI is InChI=1S/C19H25N5O/c1-15-4-3-12-24(14-15)19(25)17-5-6-18(22-21-17)23(2)13-9-16-7-10-20-11-8-16/h5-8,10-11,15H,3-4,9,12-14H2,1-2H3. The third kappa shape index (κ3) is 4.53. The van der Waals surface area contributed by atoms with E-state index >= 15 is 0 Å². The molecule has 6 heteroatoms. The van der Waals surface area contributed by atoms with E-state index in [4.69, 9.17) is 0 Å². The van der Waals surface area contributed by atoms with Crippen LogP contribution in [0, 0.1) is 5.92 Å². The summed E-state index contributed by atoms with van der Waals surface area (Å²) in [5.41, 5.74) is 1.67. The number of carbonyl (C=O) groups excluding carboxylic acids is 1. The maximum atomic E-state index is 12.5. The van der Waals surface area contributed by atoms with Gasteiger partial charge in [0.05, 0.1) is 0 Å². The Labute approximate surface area is 148 Å². The lowest BCUT2D eigenvalue weighted by molar-refractivity contribution is 0.0676. The van der Waals surface area contributed by atoms with E-state index in [1.54, 1.807) is 18.5 Å². The molecule has 0 aliphatic carbocycles. The first-order valence-corrected chi connectivity index (χ1v) is 8.86. The number of nitrogens with zero attached hydrogens (tertiary/aromatic N) is 5. The number of carbonyl (C=O) groups is 1. The first kappa shape index (κ1) is 17.3. The van der Waals surface area contributed by atoms with E-state index in [1.807, 2.05) is 35.0 Å². The van der Waals surface area contributed by atoms with Crippen LogP contribution in [0.3, 0.4) is 0 Å². The van der Waals surface area contributed by atoms with Crippen molar-refractivity contribution in [1.82, 2.24) is 20.1 Å². The molecule has 1 aliphatic heterocycles. The Morgan fingerprint density at radius 3 is 2.72 bits per heavy atom. The molecule has 3 heterocycles. The van der Waals surface area contributed by atoms with E-state index < -0.39 is 0 Å². The molecule has 1 atom stereocenters. The number of anilines is 1. The van der Waals surface area contributed by atoms with Crippen LogP contribution in [0.15, 0.2) is 36.7 Å². The molecule has 0 radical (unpaired) electrons. The van der Waals surface area contributed by atoms with Crippen molar-refractivity contribution in [2.75, 3.05) is 31.6 Å². The molecule has 0 spiro atoms. The molecule has 2 aromatic rings. The summed E-state index contributed by atoms with van der Waals surface area (Å²) in [6, 6.07) is 7.69. The molecule has 25 heavy (non-hydrogen) atoms. The molecule has 0 bridgehead atoms. The van der Waals surface area contributed by atoms with Crippen molar-refractivity contribution >= 4 is 11.7 Å². The Morgan fingerprint density at radius 2 is 2.04 bits per heavy atom. The van der Waals surface area contributed by atoms with Gasteiger partial charge in [0.2, 0.25) is 0 Å². The van der Waals surface area contributed by atoms with Gasteiger partial charge in [-0.1, -0.05) is 6.92 Å². The van der Waals surface area contributed by atoms with Crippen LogP contribution in [-0.2, 0) is 6.42 Å². The van der Waals surface area contributed by atoms with Gasteiger partial charge >= 0.3 is 0 Å². The lowest BCUT2D eigenvalue weighted by atomic mass is 10.00. The molecule has 6 nitrogen and oxygen atoms in total. The second-order valence-corrected chi connectivity index (χ2v) is 6.80. The number of hydrogen-bond donors (Lipinski definition) is 0. The number of likely N-dealkylation sites (tertiary alicyclic amines) is 1. The van der Waals surface area contributed by atoms with E-state index in [-0.39, 0.29) is 5.91 Å². The maximum absolute atomic E-state index is 12.5. The largest absolute Gasteiger partial charge is 0.358 e. The van der Waals surface area contributed by atoms with Crippen molar-refractivity contribution in [2.45, 2.75) is 26.2 Å². The van der Waals surface area contributed by atoms with Crippen LogP contribution >= 0.6 is 0 Å². The first-order valence-electron chi connectivity index (χ1n) is 8.86. The number of piperidine rings is 1. The van der Waals surface area contributed by atoms with Crippen molar-refractivity contribution in [2.24, 2.45) is 5.92 Å². The molecule has 0 N–H and O–H groups in total. The predicted molar refractivity (Wildman–Crippen MR) is 97.5 cm³/mol. The molecule has 1 fully saturated rings. The topological polar surface area (TPSA) is 62.2 Å². The van der Waals surface area contributed by atoms with Crippen LogP contribution in [0.2, 0.25) is 0 Å². The number of aromatic nitrogens is 3. The summed E-state index contributed by atoms with van der Waals surface area (Å²) in [6.07, 6.45) is 6.77. The Morgan fingerprint density at radius 1 is 1.24 bits per heavy atom. The molecule has 1 saturated heterocycles. The minimum absolute atomic E-state index is 0.00922. The van der Waals surface area contributed by atoms with Gasteiger partial charge in [-0.3, -0.25) is 9.78 Å². The van der Waals surface area contributed by atoms with Gasteiger partial charge in [0.25, 0.3) is 5.91 Å². The van der Waals surface area contributed by atoms with Crippen molar-refractivity contribution in [3.05, 3.63) is 47.9 Å². The Balaban J connectivity index is 1.58. The second kappa shape index (κ2) is 8.05. The highest BCUT2D eigenvalue weighted by molar-refractivity contribution is 5.92. The fraction of sp³-hybridized carbons (Fsp3) is 0.474. The van der Waals surface area contributed by atoms with Gasteiger partial charge in [-0.05, 0) is 55.0 Å². The minimum atomic E-state index is -0.00922. The van der Waals surface area contributed by atoms with Gasteiger partial charge in [-0.25, -0.2) is 0 Å². The molecular formula is C19H25N5O. The number of amides is 1. The SMILES string of the molecule is CC1CCCN(C(=O)c2ccc(N(C)CCc3ccncc3)nn2)C1. The summed E-state index contributed by atoms with van der Waals surface area (Å²) in [6.45, 7) is 4.65. The molecule has 0 aromatic carbocycles. The summed E-state index contributed by atoms with van der Waals surface area (Å²) in [5, 5.41) is 8.40. The van der Waals surface area contributed by atoms with E-state index in [9.17, 15) is 4.79 Å². The van der Waals surface area contributed by atoms with Gasteiger partial charge in [0, 0.05) is 39.1 Å². The van der Waals surface area contributed by atoms with Crippen molar-refractivity contribution in [3.8, 4) is 0 Å². The first-order chi connectivity index (χ1) is 12.1. The van der Waals surface area contributed by atoms with Crippen LogP contribution in [0.1, 0.15) is 35.8 Å². The smallest absolute Gasteiger partial charge is 0.274 e. The zero-order chi connectivity index (χ0) is 17.6. The number of likely N-dealkylation sites (N-methyl/N-ethyl adjacent to an activating group) is 1. The lowest BCUT2D eigenvalue weighted by Crippen LogP contribution is -2.39. The molecule has 3 rings (SSSR count). The third-order valence-electron chi connectivity index (χ3n) is 4.69. The highest BCUT2D eigenvalue weighted by Gasteiger charge is 2.23. The molecule has 1 aliphatic rings. The molecule has 1 unspecified atom stereocenters. The summed E-state index contributed by atoms with van der Waals surface area (Å²) in [4.78, 5) is 20.5. The van der Waals surface area contributed by atoms with Gasteiger partial charge in [-0.2, -0.15) is 0 Å². The fourth-order valence-corrected chi connectivity index (χ4v) is 3.14. The average Bonchev–Trinajstić information content (AvgIpc) is 2.66. The van der Waals surface area contributed by atoms with E-state index in [0.717, 1.165) is 38.3 Å². The summed E-state index contributed by atoms with van der Waals surface area (Å²) >= 11 is 0.